The molecule has 9 heteroatoms. The van der Waals surface area contributed by atoms with E-state index in [0.29, 0.717) is 22.9 Å². The molecular formula is C24H24N2O7. The molecule has 33 heavy (non-hydrogen) atoms. The lowest BCUT2D eigenvalue weighted by atomic mass is 10.1. The number of rotatable bonds is 6. The van der Waals surface area contributed by atoms with Crippen molar-refractivity contribution in [3.63, 3.8) is 0 Å². The molecule has 1 amide bonds. The van der Waals surface area contributed by atoms with Gasteiger partial charge in [-0.25, -0.2) is 9.59 Å². The summed E-state index contributed by atoms with van der Waals surface area (Å²) < 4.78 is 15.1. The number of nitrogens with zero attached hydrogens (tertiary/aromatic N) is 1. The van der Waals surface area contributed by atoms with Gasteiger partial charge in [0.15, 0.2) is 0 Å². The quantitative estimate of drug-likeness (QED) is 0.308. The minimum absolute atomic E-state index is 0.0405. The van der Waals surface area contributed by atoms with Crippen molar-refractivity contribution in [2.45, 2.75) is 27.3 Å². The molecule has 1 aromatic heterocycles. The number of carbonyl (C=O) groups is 4. The number of nitrogens with one attached hydrogen (secondary N) is 1. The van der Waals surface area contributed by atoms with Crippen molar-refractivity contribution in [3.8, 4) is 0 Å². The highest BCUT2D eigenvalue weighted by molar-refractivity contribution is 6.32. The monoisotopic (exact) mass is 452 g/mol. The summed E-state index contributed by atoms with van der Waals surface area (Å²) in [7, 11) is 1.22. The molecule has 0 radical (unpaired) electrons. The molecule has 2 aromatic rings. The zero-order valence-corrected chi connectivity index (χ0v) is 18.8. The lowest BCUT2D eigenvalue weighted by Gasteiger charge is -2.21. The molecule has 1 aromatic carbocycles. The number of hydrogen-bond donors (Lipinski definition) is 1. The van der Waals surface area contributed by atoms with E-state index in [1.165, 1.54) is 13.2 Å². The van der Waals surface area contributed by atoms with Crippen LogP contribution in [-0.4, -0.2) is 37.3 Å². The standard InChI is InChI=1S/C24H24N2O7/c1-5-32-24(30)22(28)25-13-18-11-10-17(33-18)12-19-21(27)20(23(29)31-4)15(3)26(19)16-8-6-14(2)7-9-16/h6-12H,5,13H2,1-4H3,(H,25,28)/b19-12+. The fraction of sp³-hybridized carbons (Fsp3) is 0.250. The number of amides is 1. The molecule has 0 unspecified atom stereocenters. The summed E-state index contributed by atoms with van der Waals surface area (Å²) in [5.74, 6) is -2.38. The number of allylic oxidation sites excluding steroid dienone is 2. The zero-order valence-electron chi connectivity index (χ0n) is 18.8. The van der Waals surface area contributed by atoms with E-state index >= 15 is 0 Å². The molecule has 1 N–H and O–H groups in total. The molecule has 172 valence electrons. The molecule has 2 heterocycles. The van der Waals surface area contributed by atoms with Gasteiger partial charge in [-0.05, 0) is 45.0 Å². The summed E-state index contributed by atoms with van der Waals surface area (Å²) in [5, 5.41) is 2.40. The topological polar surface area (TPSA) is 115 Å². The average Bonchev–Trinajstić information content (AvgIpc) is 3.34. The molecule has 0 saturated carbocycles. The third kappa shape index (κ3) is 5.03. The van der Waals surface area contributed by atoms with Crippen LogP contribution in [0.1, 0.15) is 30.9 Å². The first kappa shape index (κ1) is 23.5. The van der Waals surface area contributed by atoms with Crippen LogP contribution in [0.5, 0.6) is 0 Å². The summed E-state index contributed by atoms with van der Waals surface area (Å²) >= 11 is 0. The molecule has 3 rings (SSSR count). The number of aryl methyl sites for hydroxylation is 1. The van der Waals surface area contributed by atoms with E-state index in [-0.39, 0.29) is 24.4 Å². The molecule has 0 spiro atoms. The zero-order chi connectivity index (χ0) is 24.1. The third-order valence-electron chi connectivity index (χ3n) is 4.92. The van der Waals surface area contributed by atoms with Gasteiger partial charge < -0.3 is 24.1 Å². The van der Waals surface area contributed by atoms with Crippen molar-refractivity contribution in [3.05, 3.63) is 70.4 Å². The van der Waals surface area contributed by atoms with Crippen LogP contribution in [0.3, 0.4) is 0 Å². The number of Topliss-reactive ketones (excluding diaryl/α,β-unsaturated/α-hetero) is 1. The second-order valence-electron chi connectivity index (χ2n) is 7.19. The summed E-state index contributed by atoms with van der Waals surface area (Å²) in [6, 6.07) is 10.7. The van der Waals surface area contributed by atoms with Crippen LogP contribution in [0.25, 0.3) is 6.08 Å². The minimum Gasteiger partial charge on any atom is -0.465 e. The van der Waals surface area contributed by atoms with Gasteiger partial charge in [-0.3, -0.25) is 9.59 Å². The van der Waals surface area contributed by atoms with Gasteiger partial charge in [-0.2, -0.15) is 0 Å². The van der Waals surface area contributed by atoms with Gasteiger partial charge in [-0.1, -0.05) is 17.7 Å². The maximum Gasteiger partial charge on any atom is 0.396 e. The van der Waals surface area contributed by atoms with E-state index in [2.05, 4.69) is 10.1 Å². The molecule has 1 aliphatic heterocycles. The Hall–Kier alpha value is -4.14. The summed E-state index contributed by atoms with van der Waals surface area (Å²) in [6.45, 7) is 5.27. The molecular weight excluding hydrogens is 428 g/mol. The number of benzene rings is 1. The number of ether oxygens (including phenoxy) is 2. The smallest absolute Gasteiger partial charge is 0.396 e. The van der Waals surface area contributed by atoms with Gasteiger partial charge in [0.25, 0.3) is 0 Å². The van der Waals surface area contributed by atoms with Crippen molar-refractivity contribution in [1.29, 1.82) is 0 Å². The summed E-state index contributed by atoms with van der Waals surface area (Å²) in [5.41, 5.74) is 2.34. The van der Waals surface area contributed by atoms with E-state index in [1.807, 2.05) is 31.2 Å². The van der Waals surface area contributed by atoms with E-state index in [9.17, 15) is 19.2 Å². The molecule has 0 fully saturated rings. The van der Waals surface area contributed by atoms with Crippen molar-refractivity contribution in [1.82, 2.24) is 5.32 Å². The van der Waals surface area contributed by atoms with Crippen molar-refractivity contribution in [2.24, 2.45) is 0 Å². The largest absolute Gasteiger partial charge is 0.465 e. The van der Waals surface area contributed by atoms with Crippen LogP contribution in [0.4, 0.5) is 5.69 Å². The van der Waals surface area contributed by atoms with E-state index < -0.39 is 23.6 Å². The van der Waals surface area contributed by atoms with Gasteiger partial charge in [-0.15, -0.1) is 0 Å². The molecule has 0 aliphatic carbocycles. The van der Waals surface area contributed by atoms with Gasteiger partial charge in [0.2, 0.25) is 5.78 Å². The van der Waals surface area contributed by atoms with Crippen LogP contribution in [-0.2, 0) is 35.2 Å². The number of ketones is 1. The van der Waals surface area contributed by atoms with Crippen molar-refractivity contribution < 1.29 is 33.1 Å². The highest BCUT2D eigenvalue weighted by Gasteiger charge is 2.38. The number of carbonyl (C=O) groups excluding carboxylic acids is 4. The predicted octanol–water partition coefficient (Wildman–Crippen LogP) is 2.64. The second-order valence-corrected chi connectivity index (χ2v) is 7.19. The SMILES string of the molecule is CCOC(=O)C(=O)NCc1ccc(/C=C2\C(=O)C(C(=O)OC)=C(C)N2c2ccc(C)cc2)o1. The number of anilines is 1. The third-order valence-corrected chi connectivity index (χ3v) is 4.92. The highest BCUT2D eigenvalue weighted by atomic mass is 16.5. The minimum atomic E-state index is -0.978. The van der Waals surface area contributed by atoms with Crippen molar-refractivity contribution >= 4 is 35.4 Å². The number of furan rings is 1. The first-order chi connectivity index (χ1) is 15.8. The van der Waals surface area contributed by atoms with Gasteiger partial charge in [0, 0.05) is 17.5 Å². The Labute approximate surface area is 190 Å². The average molecular weight is 452 g/mol. The molecule has 0 atom stereocenters. The van der Waals surface area contributed by atoms with E-state index in [1.54, 1.807) is 30.9 Å². The Bertz CT molecular complexity index is 1160. The Balaban J connectivity index is 1.89. The lowest BCUT2D eigenvalue weighted by Crippen LogP contribution is -2.31. The van der Waals surface area contributed by atoms with E-state index in [0.717, 1.165) is 5.56 Å². The lowest BCUT2D eigenvalue weighted by molar-refractivity contribution is -0.154. The van der Waals surface area contributed by atoms with Gasteiger partial charge in [0.05, 0.1) is 26.0 Å². The fourth-order valence-corrected chi connectivity index (χ4v) is 3.32. The van der Waals surface area contributed by atoms with Crippen LogP contribution >= 0.6 is 0 Å². The van der Waals surface area contributed by atoms with Crippen molar-refractivity contribution in [2.75, 3.05) is 18.6 Å². The number of methoxy groups -OCH3 is 1. The Kier molecular flexibility index (Phi) is 7.12. The Morgan fingerprint density at radius 2 is 1.79 bits per heavy atom. The van der Waals surface area contributed by atoms with Gasteiger partial charge >= 0.3 is 17.8 Å². The first-order valence-corrected chi connectivity index (χ1v) is 10.2. The first-order valence-electron chi connectivity index (χ1n) is 10.2. The van der Waals surface area contributed by atoms with E-state index in [4.69, 9.17) is 9.15 Å². The van der Waals surface area contributed by atoms with Crippen LogP contribution in [0.15, 0.2) is 57.8 Å². The summed E-state index contributed by atoms with van der Waals surface area (Å²) in [6.07, 6.45) is 1.51. The maximum atomic E-state index is 13.1. The number of esters is 2. The van der Waals surface area contributed by atoms with Gasteiger partial charge in [0.1, 0.15) is 17.1 Å². The Morgan fingerprint density at radius 1 is 1.09 bits per heavy atom. The second kappa shape index (κ2) is 9.99. The fourth-order valence-electron chi connectivity index (χ4n) is 3.32. The number of hydrogen-bond acceptors (Lipinski definition) is 8. The maximum absolute atomic E-state index is 13.1. The van der Waals surface area contributed by atoms with Crippen LogP contribution < -0.4 is 10.2 Å². The predicted molar refractivity (Wildman–Crippen MR) is 119 cm³/mol. The Morgan fingerprint density at radius 3 is 2.42 bits per heavy atom. The molecule has 9 nitrogen and oxygen atoms in total. The van der Waals surface area contributed by atoms with Crippen LogP contribution in [0, 0.1) is 6.92 Å². The summed E-state index contributed by atoms with van der Waals surface area (Å²) in [4.78, 5) is 50.1. The van der Waals surface area contributed by atoms with Crippen LogP contribution in [0.2, 0.25) is 0 Å². The molecule has 0 saturated heterocycles. The molecule has 0 bridgehead atoms. The normalized spacial score (nSPS) is 14.6. The highest BCUT2D eigenvalue weighted by Crippen LogP contribution is 2.35. The molecule has 1 aliphatic rings.